The number of nitrogens with two attached hydrogens (primary N) is 1. The maximum absolute atomic E-state index is 13.0. The van der Waals surface area contributed by atoms with Gasteiger partial charge in [0.05, 0.1) is 6.10 Å². The fourth-order valence-corrected chi connectivity index (χ4v) is 3.16. The first kappa shape index (κ1) is 20.7. The second-order valence-corrected chi connectivity index (χ2v) is 7.66. The van der Waals surface area contributed by atoms with Crippen LogP contribution in [0.5, 0.6) is 0 Å². The van der Waals surface area contributed by atoms with Crippen molar-refractivity contribution in [2.75, 3.05) is 31.6 Å². The number of piperidine rings is 1. The lowest BCUT2D eigenvalue weighted by Gasteiger charge is -2.32. The van der Waals surface area contributed by atoms with Crippen molar-refractivity contribution in [2.45, 2.75) is 59.1 Å². The summed E-state index contributed by atoms with van der Waals surface area (Å²) in [6, 6.07) is 6.33. The molecule has 1 aromatic rings. The summed E-state index contributed by atoms with van der Waals surface area (Å²) in [6.07, 6.45) is 2.95. The number of nitrogens with one attached hydrogen (secondary N) is 1. The molecule has 1 atom stereocenters. The summed E-state index contributed by atoms with van der Waals surface area (Å²) in [5.74, 6) is 0.663. The third-order valence-electron chi connectivity index (χ3n) is 5.38. The van der Waals surface area contributed by atoms with Gasteiger partial charge >= 0.3 is 0 Å². The fourth-order valence-electron chi connectivity index (χ4n) is 3.16. The summed E-state index contributed by atoms with van der Waals surface area (Å²) in [5.41, 5.74) is 8.39. The topological polar surface area (TPSA) is 67.6 Å². The Hall–Kier alpha value is -1.59. The van der Waals surface area contributed by atoms with Crippen LogP contribution in [0.25, 0.3) is 0 Å². The molecule has 0 spiro atoms. The highest BCUT2D eigenvalue weighted by Gasteiger charge is 2.25. The predicted octanol–water partition coefficient (Wildman–Crippen LogP) is 3.42. The quantitative estimate of drug-likeness (QED) is 0.696. The summed E-state index contributed by atoms with van der Waals surface area (Å²) in [6.45, 7) is 11.5. The number of carbonyl (C=O) groups is 1. The first-order valence-corrected chi connectivity index (χ1v) is 9.91. The Morgan fingerprint density at radius 2 is 2.00 bits per heavy atom. The molecule has 1 aliphatic rings. The van der Waals surface area contributed by atoms with Crippen LogP contribution in [0.2, 0.25) is 0 Å². The van der Waals surface area contributed by atoms with Gasteiger partial charge in [0.1, 0.15) is 0 Å². The minimum Gasteiger partial charge on any atom is -0.382 e. The molecule has 0 saturated carbocycles. The number of rotatable bonds is 8. The van der Waals surface area contributed by atoms with E-state index in [0.29, 0.717) is 18.5 Å². The third kappa shape index (κ3) is 5.45. The second kappa shape index (κ2) is 9.93. The van der Waals surface area contributed by atoms with Crippen molar-refractivity contribution in [1.82, 2.24) is 4.90 Å². The zero-order chi connectivity index (χ0) is 19.1. The molecule has 0 bridgehead atoms. The van der Waals surface area contributed by atoms with Crippen molar-refractivity contribution < 1.29 is 9.53 Å². The first-order valence-electron chi connectivity index (χ1n) is 9.91. The zero-order valence-corrected chi connectivity index (χ0v) is 16.8. The van der Waals surface area contributed by atoms with Crippen LogP contribution in [-0.4, -0.2) is 49.2 Å². The summed E-state index contributed by atoms with van der Waals surface area (Å²) >= 11 is 0. The molecule has 0 aromatic heterocycles. The van der Waals surface area contributed by atoms with E-state index in [0.717, 1.165) is 55.8 Å². The van der Waals surface area contributed by atoms with Crippen molar-refractivity contribution in [3.05, 3.63) is 29.3 Å². The van der Waals surface area contributed by atoms with Gasteiger partial charge in [0, 0.05) is 37.0 Å². The Kier molecular flexibility index (Phi) is 7.91. The monoisotopic (exact) mass is 361 g/mol. The summed E-state index contributed by atoms with van der Waals surface area (Å²) in [4.78, 5) is 15.0. The Morgan fingerprint density at radius 3 is 2.62 bits per heavy atom. The molecule has 3 N–H and O–H groups in total. The van der Waals surface area contributed by atoms with Crippen LogP contribution in [0, 0.1) is 12.8 Å². The van der Waals surface area contributed by atoms with Crippen molar-refractivity contribution in [2.24, 2.45) is 11.7 Å². The van der Waals surface area contributed by atoms with E-state index < -0.39 is 0 Å². The number of amides is 1. The molecule has 146 valence electrons. The third-order valence-corrected chi connectivity index (χ3v) is 5.38. The predicted molar refractivity (Wildman–Crippen MR) is 108 cm³/mol. The number of hydrogen-bond acceptors (Lipinski definition) is 4. The molecular formula is C21H35N3O2. The van der Waals surface area contributed by atoms with E-state index in [-0.39, 0.29) is 12.0 Å². The molecule has 1 saturated heterocycles. The van der Waals surface area contributed by atoms with E-state index in [9.17, 15) is 4.79 Å². The smallest absolute Gasteiger partial charge is 0.254 e. The molecule has 1 amide bonds. The molecule has 2 rings (SSSR count). The van der Waals surface area contributed by atoms with Crippen LogP contribution in [0.15, 0.2) is 18.2 Å². The van der Waals surface area contributed by atoms with Crippen LogP contribution in [0.3, 0.4) is 0 Å². The Balaban J connectivity index is 1.98. The number of likely N-dealkylation sites (tertiary alicyclic amines) is 1. The lowest BCUT2D eigenvalue weighted by atomic mass is 10.0. The van der Waals surface area contributed by atoms with Gasteiger partial charge in [-0.1, -0.05) is 19.9 Å². The maximum Gasteiger partial charge on any atom is 0.254 e. The van der Waals surface area contributed by atoms with Crippen molar-refractivity contribution in [3.8, 4) is 0 Å². The zero-order valence-electron chi connectivity index (χ0n) is 16.8. The lowest BCUT2D eigenvalue weighted by Crippen LogP contribution is -2.41. The van der Waals surface area contributed by atoms with Crippen LogP contribution < -0.4 is 11.1 Å². The van der Waals surface area contributed by atoms with E-state index in [2.05, 4.69) is 32.2 Å². The van der Waals surface area contributed by atoms with Gasteiger partial charge in [0.15, 0.2) is 0 Å². The van der Waals surface area contributed by atoms with Crippen molar-refractivity contribution in [3.63, 3.8) is 0 Å². The second-order valence-electron chi connectivity index (χ2n) is 7.66. The van der Waals surface area contributed by atoms with E-state index in [1.54, 1.807) is 0 Å². The van der Waals surface area contributed by atoms with E-state index in [4.69, 9.17) is 10.5 Å². The van der Waals surface area contributed by atoms with Gasteiger partial charge in [-0.15, -0.1) is 0 Å². The number of carbonyl (C=O) groups excluding carboxylic acids is 1. The van der Waals surface area contributed by atoms with Crippen LogP contribution in [0.4, 0.5) is 5.69 Å². The minimum atomic E-state index is 0.128. The molecule has 26 heavy (non-hydrogen) atoms. The van der Waals surface area contributed by atoms with E-state index >= 15 is 0 Å². The van der Waals surface area contributed by atoms with Gasteiger partial charge in [-0.2, -0.15) is 0 Å². The fraction of sp³-hybridized carbons (Fsp3) is 0.667. The average molecular weight is 362 g/mol. The van der Waals surface area contributed by atoms with E-state index in [1.807, 2.05) is 24.0 Å². The number of benzene rings is 1. The molecule has 1 aliphatic heterocycles. The first-order chi connectivity index (χ1) is 12.4. The highest BCUT2D eigenvalue weighted by atomic mass is 16.5. The van der Waals surface area contributed by atoms with Crippen molar-refractivity contribution in [1.29, 1.82) is 0 Å². The molecule has 5 heteroatoms. The Morgan fingerprint density at radius 1 is 1.31 bits per heavy atom. The van der Waals surface area contributed by atoms with Gasteiger partial charge in [0.25, 0.3) is 5.91 Å². The Bertz CT molecular complexity index is 581. The lowest BCUT2D eigenvalue weighted by molar-refractivity contribution is 0.00843. The number of hydrogen-bond donors (Lipinski definition) is 2. The van der Waals surface area contributed by atoms with Gasteiger partial charge in [-0.3, -0.25) is 4.79 Å². The van der Waals surface area contributed by atoms with Crippen LogP contribution in [0.1, 0.15) is 56.0 Å². The maximum atomic E-state index is 13.0. The van der Waals surface area contributed by atoms with Gasteiger partial charge < -0.3 is 20.7 Å². The standard InChI is InChI=1S/C21H35N3O2/c1-15(2)17(4)23-20-8-5-7-19(16(20)3)21(25)24-12-9-18(10-13-24)26-14-6-11-22/h5,7-8,15,17-18,23H,6,9-14,22H2,1-4H3. The average Bonchev–Trinajstić information content (AvgIpc) is 2.63. The summed E-state index contributed by atoms with van der Waals surface area (Å²) in [7, 11) is 0. The number of nitrogens with zero attached hydrogens (tertiary/aromatic N) is 1. The highest BCUT2D eigenvalue weighted by Crippen LogP contribution is 2.24. The molecule has 5 nitrogen and oxygen atoms in total. The molecule has 0 aliphatic carbocycles. The molecule has 1 aromatic carbocycles. The normalized spacial score (nSPS) is 16.8. The van der Waals surface area contributed by atoms with Crippen molar-refractivity contribution >= 4 is 11.6 Å². The number of ether oxygens (including phenoxy) is 1. The molecule has 1 fully saturated rings. The SMILES string of the molecule is Cc1c(NC(C)C(C)C)cccc1C(=O)N1CCC(OCCCN)CC1. The van der Waals surface area contributed by atoms with Crippen LogP contribution >= 0.6 is 0 Å². The van der Waals surface area contributed by atoms with Gasteiger partial charge in [0.2, 0.25) is 0 Å². The van der Waals surface area contributed by atoms with Gasteiger partial charge in [-0.05, 0) is 63.3 Å². The molecule has 1 unspecified atom stereocenters. The summed E-state index contributed by atoms with van der Waals surface area (Å²) < 4.78 is 5.84. The van der Waals surface area contributed by atoms with E-state index in [1.165, 1.54) is 0 Å². The largest absolute Gasteiger partial charge is 0.382 e. The molecule has 1 heterocycles. The Labute approximate surface area is 158 Å². The molecule has 0 radical (unpaired) electrons. The summed E-state index contributed by atoms with van der Waals surface area (Å²) in [5, 5.41) is 3.54. The number of anilines is 1. The highest BCUT2D eigenvalue weighted by molar-refractivity contribution is 5.97. The van der Waals surface area contributed by atoms with Gasteiger partial charge in [-0.25, -0.2) is 0 Å². The minimum absolute atomic E-state index is 0.128. The molecular weight excluding hydrogens is 326 g/mol. The van der Waals surface area contributed by atoms with Crippen LogP contribution in [-0.2, 0) is 4.74 Å².